The van der Waals surface area contributed by atoms with Gasteiger partial charge in [-0.1, -0.05) is 140 Å². The van der Waals surface area contributed by atoms with E-state index in [9.17, 15) is 0 Å². The number of aromatic nitrogens is 1. The highest BCUT2D eigenvalue weighted by Crippen LogP contribution is 2.58. The molecule has 0 fully saturated rings. The van der Waals surface area contributed by atoms with Crippen LogP contribution in [0.4, 0.5) is 0 Å². The van der Waals surface area contributed by atoms with Crippen molar-refractivity contribution >= 4 is 32.3 Å². The summed E-state index contributed by atoms with van der Waals surface area (Å²) in [5, 5.41) is 7.55. The average Bonchev–Trinajstić information content (AvgIpc) is 3.39. The maximum Gasteiger partial charge on any atom is 0.0717 e. The van der Waals surface area contributed by atoms with Gasteiger partial charge in [-0.05, 0) is 84.4 Å². The Morgan fingerprint density at radius 2 is 0.907 bits per heavy atom. The molecule has 9 rings (SSSR count). The van der Waals surface area contributed by atoms with Crippen LogP contribution in [-0.2, 0) is 0 Å². The SMILES string of the molecule is Cc1nc(-c2ccc3c4c(cccc24)-c2c-3c(-c3ccccc3)c3ccccc3c2-c2ccccc2)cc2ccccc12. The van der Waals surface area contributed by atoms with Crippen molar-refractivity contribution in [2.75, 3.05) is 0 Å². The van der Waals surface area contributed by atoms with E-state index < -0.39 is 0 Å². The maximum atomic E-state index is 5.13. The zero-order valence-electron chi connectivity index (χ0n) is 23.8. The molecule has 43 heavy (non-hydrogen) atoms. The highest BCUT2D eigenvalue weighted by molar-refractivity contribution is 6.28. The Labute approximate surface area is 250 Å². The molecular weight excluding hydrogens is 518 g/mol. The fourth-order valence-electron chi connectivity index (χ4n) is 7.34. The summed E-state index contributed by atoms with van der Waals surface area (Å²) < 4.78 is 0. The second-order valence-electron chi connectivity index (χ2n) is 11.5. The van der Waals surface area contributed by atoms with Crippen molar-refractivity contribution in [3.63, 3.8) is 0 Å². The number of hydrogen-bond donors (Lipinski definition) is 0. The molecule has 0 saturated carbocycles. The van der Waals surface area contributed by atoms with Gasteiger partial charge in [-0.3, -0.25) is 4.98 Å². The summed E-state index contributed by atoms with van der Waals surface area (Å²) in [5.74, 6) is 0. The van der Waals surface area contributed by atoms with Crippen LogP contribution in [0, 0.1) is 6.92 Å². The second kappa shape index (κ2) is 9.24. The lowest BCUT2D eigenvalue weighted by Crippen LogP contribution is -1.93. The van der Waals surface area contributed by atoms with Crippen molar-refractivity contribution in [3.05, 3.63) is 151 Å². The summed E-state index contributed by atoms with van der Waals surface area (Å²) in [6.45, 7) is 2.12. The first-order valence-corrected chi connectivity index (χ1v) is 14.9. The molecule has 0 unspecified atom stereocenters. The molecule has 200 valence electrons. The average molecular weight is 546 g/mol. The normalized spacial score (nSPS) is 11.8. The molecule has 0 saturated heterocycles. The third kappa shape index (κ3) is 3.49. The van der Waals surface area contributed by atoms with E-state index in [0.717, 1.165) is 11.4 Å². The van der Waals surface area contributed by atoms with Crippen LogP contribution in [0.3, 0.4) is 0 Å². The number of nitrogens with zero attached hydrogens (tertiary/aromatic N) is 1. The molecule has 1 aromatic heterocycles. The summed E-state index contributed by atoms with van der Waals surface area (Å²) in [6, 6.07) is 53.0. The summed E-state index contributed by atoms with van der Waals surface area (Å²) in [7, 11) is 0. The molecule has 0 atom stereocenters. The lowest BCUT2D eigenvalue weighted by Gasteiger charge is -2.20. The summed E-state index contributed by atoms with van der Waals surface area (Å²) >= 11 is 0. The van der Waals surface area contributed by atoms with E-state index in [1.807, 2.05) is 0 Å². The van der Waals surface area contributed by atoms with Gasteiger partial charge in [-0.25, -0.2) is 0 Å². The number of fused-ring (bicyclic) bond motifs is 5. The first-order valence-electron chi connectivity index (χ1n) is 14.9. The smallest absolute Gasteiger partial charge is 0.0717 e. The van der Waals surface area contributed by atoms with E-state index in [1.54, 1.807) is 0 Å². The monoisotopic (exact) mass is 545 g/mol. The van der Waals surface area contributed by atoms with Crippen molar-refractivity contribution in [3.8, 4) is 55.8 Å². The molecule has 0 N–H and O–H groups in total. The molecule has 1 aliphatic carbocycles. The molecule has 1 heteroatoms. The van der Waals surface area contributed by atoms with Crippen LogP contribution in [0.2, 0.25) is 0 Å². The number of hydrogen-bond acceptors (Lipinski definition) is 1. The van der Waals surface area contributed by atoms with Crippen LogP contribution >= 0.6 is 0 Å². The minimum absolute atomic E-state index is 1.02. The molecule has 1 aliphatic rings. The number of aryl methyl sites for hydroxylation is 1. The van der Waals surface area contributed by atoms with Gasteiger partial charge in [0.15, 0.2) is 0 Å². The van der Waals surface area contributed by atoms with Gasteiger partial charge in [0.05, 0.1) is 5.69 Å². The molecule has 0 spiro atoms. The van der Waals surface area contributed by atoms with Gasteiger partial charge >= 0.3 is 0 Å². The molecule has 0 amide bonds. The van der Waals surface area contributed by atoms with Crippen LogP contribution in [0.1, 0.15) is 5.69 Å². The largest absolute Gasteiger partial charge is 0.252 e. The molecule has 0 radical (unpaired) electrons. The first kappa shape index (κ1) is 24.1. The van der Waals surface area contributed by atoms with Crippen LogP contribution < -0.4 is 0 Å². The lowest BCUT2D eigenvalue weighted by atomic mass is 9.82. The summed E-state index contributed by atoms with van der Waals surface area (Å²) in [4.78, 5) is 5.13. The van der Waals surface area contributed by atoms with E-state index in [0.29, 0.717) is 0 Å². The Balaban J connectivity index is 1.44. The molecule has 1 heterocycles. The van der Waals surface area contributed by atoms with Gasteiger partial charge in [-0.15, -0.1) is 0 Å². The molecular formula is C42H27N. The van der Waals surface area contributed by atoms with Gasteiger partial charge in [0.2, 0.25) is 0 Å². The van der Waals surface area contributed by atoms with Gasteiger partial charge in [0, 0.05) is 16.6 Å². The van der Waals surface area contributed by atoms with Crippen molar-refractivity contribution in [2.24, 2.45) is 0 Å². The molecule has 0 bridgehead atoms. The van der Waals surface area contributed by atoms with Crippen molar-refractivity contribution in [1.82, 2.24) is 4.98 Å². The second-order valence-corrected chi connectivity index (χ2v) is 11.5. The zero-order chi connectivity index (χ0) is 28.5. The van der Waals surface area contributed by atoms with Gasteiger partial charge in [0.1, 0.15) is 0 Å². The van der Waals surface area contributed by atoms with E-state index in [4.69, 9.17) is 4.98 Å². The predicted molar refractivity (Wildman–Crippen MR) is 182 cm³/mol. The Kier molecular flexibility index (Phi) is 5.18. The standard InChI is InChI=1S/C42H27N/c1-26-30-18-9-8-17-29(30)25-37(43-26)31-23-24-36-40-32(31)21-12-22-35(40)41-38(27-13-4-2-5-14-27)33-19-10-11-20-34(33)39(42(36)41)28-15-6-3-7-16-28/h2-25H,1H3. The van der Waals surface area contributed by atoms with Gasteiger partial charge < -0.3 is 0 Å². The van der Waals surface area contributed by atoms with Crippen LogP contribution in [0.25, 0.3) is 88.1 Å². The highest BCUT2D eigenvalue weighted by atomic mass is 14.7. The topological polar surface area (TPSA) is 12.9 Å². The van der Waals surface area contributed by atoms with Crippen LogP contribution in [-0.4, -0.2) is 4.98 Å². The van der Waals surface area contributed by atoms with E-state index >= 15 is 0 Å². The van der Waals surface area contributed by atoms with Crippen molar-refractivity contribution < 1.29 is 0 Å². The third-order valence-electron chi connectivity index (χ3n) is 9.13. The minimum Gasteiger partial charge on any atom is -0.252 e. The Bertz CT molecular complexity index is 2290. The number of pyridine rings is 1. The first-order chi connectivity index (χ1) is 21.3. The molecule has 8 aromatic rings. The van der Waals surface area contributed by atoms with Crippen molar-refractivity contribution in [2.45, 2.75) is 6.92 Å². The van der Waals surface area contributed by atoms with Crippen LogP contribution in [0.5, 0.6) is 0 Å². The van der Waals surface area contributed by atoms with Gasteiger partial charge in [-0.2, -0.15) is 0 Å². The van der Waals surface area contributed by atoms with Gasteiger partial charge in [0.25, 0.3) is 0 Å². The summed E-state index contributed by atoms with van der Waals surface area (Å²) in [6.07, 6.45) is 0. The summed E-state index contributed by atoms with van der Waals surface area (Å²) in [5.41, 5.74) is 13.6. The maximum absolute atomic E-state index is 5.13. The molecule has 0 aliphatic heterocycles. The van der Waals surface area contributed by atoms with E-state index in [1.165, 1.54) is 82.4 Å². The third-order valence-corrected chi connectivity index (χ3v) is 9.13. The number of benzene rings is 7. The zero-order valence-corrected chi connectivity index (χ0v) is 23.8. The van der Waals surface area contributed by atoms with Crippen molar-refractivity contribution in [1.29, 1.82) is 0 Å². The lowest BCUT2D eigenvalue weighted by molar-refractivity contribution is 1.24. The van der Waals surface area contributed by atoms with Crippen LogP contribution in [0.15, 0.2) is 146 Å². The Morgan fingerprint density at radius 3 is 1.56 bits per heavy atom. The predicted octanol–water partition coefficient (Wildman–Crippen LogP) is 11.5. The highest BCUT2D eigenvalue weighted by Gasteiger charge is 2.31. The van der Waals surface area contributed by atoms with E-state index in [2.05, 4.69) is 153 Å². The van der Waals surface area contributed by atoms with E-state index in [-0.39, 0.29) is 0 Å². The quantitative estimate of drug-likeness (QED) is 0.215. The fraction of sp³-hybridized carbons (Fsp3) is 0.0238. The number of rotatable bonds is 3. The molecule has 1 nitrogen and oxygen atoms in total. The Hall–Kier alpha value is -5.53. The fourth-order valence-corrected chi connectivity index (χ4v) is 7.34. The Morgan fingerprint density at radius 1 is 0.395 bits per heavy atom. The molecule has 7 aromatic carbocycles. The minimum atomic E-state index is 1.02.